The number of H-pyrrole nitrogens is 1. The van der Waals surface area contributed by atoms with E-state index in [9.17, 15) is 9.59 Å². The molecule has 0 unspecified atom stereocenters. The predicted molar refractivity (Wildman–Crippen MR) is 116 cm³/mol. The molecule has 0 saturated heterocycles. The highest BCUT2D eigenvalue weighted by molar-refractivity contribution is 7.99. The van der Waals surface area contributed by atoms with Crippen LogP contribution in [0.3, 0.4) is 0 Å². The van der Waals surface area contributed by atoms with Gasteiger partial charge in [-0.05, 0) is 36.4 Å². The van der Waals surface area contributed by atoms with Gasteiger partial charge in [0.1, 0.15) is 5.75 Å². The minimum absolute atomic E-state index is 0.102. The summed E-state index contributed by atoms with van der Waals surface area (Å²) in [4.78, 5) is 35.8. The lowest BCUT2D eigenvalue weighted by Crippen LogP contribution is -2.15. The van der Waals surface area contributed by atoms with E-state index >= 15 is 0 Å². The highest BCUT2D eigenvalue weighted by atomic mass is 32.2. The van der Waals surface area contributed by atoms with Gasteiger partial charge >= 0.3 is 0 Å². The van der Waals surface area contributed by atoms with E-state index in [1.54, 1.807) is 19.2 Å². The number of aromatic amines is 1. The summed E-state index contributed by atoms with van der Waals surface area (Å²) < 4.78 is 6.15. The molecule has 2 N–H and O–H groups in total. The van der Waals surface area contributed by atoms with Crippen LogP contribution in [0.5, 0.6) is 5.75 Å². The predicted octanol–water partition coefficient (Wildman–Crippen LogP) is 3.79. The third-order valence-corrected chi connectivity index (χ3v) is 5.81. The number of nitrogens with one attached hydrogen (secondary N) is 2. The first-order valence-electron chi connectivity index (χ1n) is 8.65. The second-order valence-electron chi connectivity index (χ2n) is 5.99. The molecule has 7 nitrogen and oxygen atoms in total. The molecule has 29 heavy (non-hydrogen) atoms. The molecule has 0 aliphatic rings. The first-order valence-corrected chi connectivity index (χ1v) is 10.4. The van der Waals surface area contributed by atoms with Gasteiger partial charge in [0, 0.05) is 11.6 Å². The van der Waals surface area contributed by atoms with E-state index in [0.29, 0.717) is 16.0 Å². The second-order valence-corrected chi connectivity index (χ2v) is 7.98. The molecular formula is C20H16N4O3S2. The number of hydrogen-bond acceptors (Lipinski definition) is 7. The van der Waals surface area contributed by atoms with Crippen molar-refractivity contribution in [3.8, 4) is 17.0 Å². The number of benzene rings is 2. The fraction of sp³-hybridized carbons (Fsp3) is 0.100. The van der Waals surface area contributed by atoms with Crippen molar-refractivity contribution in [2.24, 2.45) is 0 Å². The topological polar surface area (TPSA) is 97.0 Å². The van der Waals surface area contributed by atoms with Crippen LogP contribution in [-0.2, 0) is 4.79 Å². The number of hydrogen-bond donors (Lipinski definition) is 2. The number of ether oxygens (including phenoxy) is 1. The van der Waals surface area contributed by atoms with E-state index in [4.69, 9.17) is 4.74 Å². The molecule has 9 heteroatoms. The van der Waals surface area contributed by atoms with Crippen molar-refractivity contribution < 1.29 is 9.53 Å². The SMILES string of the molecule is COc1ccc(-c2cc(=O)[nH]c(SCC(=O)Nc3nc4ccccc4s3)n2)cc1. The Kier molecular flexibility index (Phi) is 5.59. The van der Waals surface area contributed by atoms with Crippen molar-refractivity contribution in [3.05, 3.63) is 65.0 Å². The number of methoxy groups -OCH3 is 1. The Labute approximate surface area is 174 Å². The lowest BCUT2D eigenvalue weighted by molar-refractivity contribution is -0.113. The van der Waals surface area contributed by atoms with Gasteiger partial charge in [-0.2, -0.15) is 0 Å². The summed E-state index contributed by atoms with van der Waals surface area (Å²) in [6, 6.07) is 16.4. The normalized spacial score (nSPS) is 10.8. The highest BCUT2D eigenvalue weighted by Crippen LogP contribution is 2.26. The van der Waals surface area contributed by atoms with Crippen LogP contribution < -0.4 is 15.6 Å². The number of fused-ring (bicyclic) bond motifs is 1. The van der Waals surface area contributed by atoms with Crippen molar-refractivity contribution >= 4 is 44.4 Å². The van der Waals surface area contributed by atoms with E-state index in [1.807, 2.05) is 36.4 Å². The third-order valence-electron chi connectivity index (χ3n) is 3.99. The van der Waals surface area contributed by atoms with E-state index in [-0.39, 0.29) is 17.2 Å². The molecule has 0 spiro atoms. The zero-order valence-electron chi connectivity index (χ0n) is 15.3. The molecule has 146 valence electrons. The Balaban J connectivity index is 1.44. The molecule has 0 fully saturated rings. The van der Waals surface area contributed by atoms with Crippen LogP contribution in [-0.4, -0.2) is 33.7 Å². The maximum absolute atomic E-state index is 12.3. The Morgan fingerprint density at radius 2 is 1.97 bits per heavy atom. The van der Waals surface area contributed by atoms with Crippen LogP contribution >= 0.6 is 23.1 Å². The average molecular weight is 425 g/mol. The minimum atomic E-state index is -0.278. The van der Waals surface area contributed by atoms with Crippen molar-refractivity contribution in [3.63, 3.8) is 0 Å². The molecule has 0 atom stereocenters. The van der Waals surface area contributed by atoms with Crippen LogP contribution in [0.4, 0.5) is 5.13 Å². The van der Waals surface area contributed by atoms with E-state index in [0.717, 1.165) is 33.3 Å². The fourth-order valence-electron chi connectivity index (χ4n) is 2.63. The molecule has 0 aliphatic carbocycles. The average Bonchev–Trinajstić information content (AvgIpc) is 3.14. The van der Waals surface area contributed by atoms with Gasteiger partial charge in [-0.15, -0.1) is 0 Å². The third kappa shape index (κ3) is 4.64. The van der Waals surface area contributed by atoms with Crippen LogP contribution in [0.15, 0.2) is 64.5 Å². The van der Waals surface area contributed by atoms with Crippen LogP contribution in [0.25, 0.3) is 21.5 Å². The Hall–Kier alpha value is -3.17. The Morgan fingerprint density at radius 3 is 2.72 bits per heavy atom. The van der Waals surface area contributed by atoms with Crippen LogP contribution in [0.2, 0.25) is 0 Å². The standard InChI is InChI=1S/C20H16N4O3S2/c1-27-13-8-6-12(7-9-13)15-10-17(25)23-19(22-15)28-11-18(26)24-20-21-14-4-2-3-5-16(14)29-20/h2-10H,11H2,1H3,(H,21,24,26)(H,22,23,25). The summed E-state index contributed by atoms with van der Waals surface area (Å²) in [7, 11) is 1.59. The summed E-state index contributed by atoms with van der Waals surface area (Å²) in [6.07, 6.45) is 0. The van der Waals surface area contributed by atoms with Gasteiger partial charge in [-0.1, -0.05) is 35.2 Å². The molecule has 0 aliphatic heterocycles. The summed E-state index contributed by atoms with van der Waals surface area (Å²) in [5.74, 6) is 0.608. The first kappa shape index (κ1) is 19.2. The number of amides is 1. The molecule has 1 amide bonds. The van der Waals surface area contributed by atoms with Gasteiger partial charge in [0.2, 0.25) is 5.91 Å². The quantitative estimate of drug-likeness (QED) is 0.361. The number of carbonyl (C=O) groups is 1. The lowest BCUT2D eigenvalue weighted by Gasteiger charge is -2.05. The monoisotopic (exact) mass is 424 g/mol. The van der Waals surface area contributed by atoms with E-state index in [2.05, 4.69) is 20.3 Å². The maximum Gasteiger partial charge on any atom is 0.252 e. The number of thiazole rings is 1. The molecule has 4 aromatic rings. The summed E-state index contributed by atoms with van der Waals surface area (Å²) in [5.41, 5.74) is 1.89. The molecule has 0 bridgehead atoms. The fourth-order valence-corrected chi connectivity index (χ4v) is 4.19. The maximum atomic E-state index is 12.3. The molecule has 4 rings (SSSR count). The Morgan fingerprint density at radius 1 is 1.17 bits per heavy atom. The van der Waals surface area contributed by atoms with E-state index in [1.165, 1.54) is 17.4 Å². The molecule has 2 aromatic heterocycles. The molecule has 0 radical (unpaired) electrons. The summed E-state index contributed by atoms with van der Waals surface area (Å²) in [6.45, 7) is 0. The number of aromatic nitrogens is 3. The number of para-hydroxylation sites is 1. The smallest absolute Gasteiger partial charge is 0.252 e. The number of thioether (sulfide) groups is 1. The van der Waals surface area contributed by atoms with Crippen molar-refractivity contribution in [2.45, 2.75) is 5.16 Å². The van der Waals surface area contributed by atoms with Crippen molar-refractivity contribution in [1.29, 1.82) is 0 Å². The number of anilines is 1. The first-order chi connectivity index (χ1) is 14.1. The van der Waals surface area contributed by atoms with E-state index < -0.39 is 0 Å². The van der Waals surface area contributed by atoms with Gasteiger partial charge in [0.05, 0.1) is 28.8 Å². The van der Waals surface area contributed by atoms with Crippen molar-refractivity contribution in [2.75, 3.05) is 18.2 Å². The van der Waals surface area contributed by atoms with Gasteiger partial charge in [-0.25, -0.2) is 9.97 Å². The van der Waals surface area contributed by atoms with Gasteiger partial charge in [-0.3, -0.25) is 9.59 Å². The minimum Gasteiger partial charge on any atom is -0.497 e. The van der Waals surface area contributed by atoms with Gasteiger partial charge in [0.25, 0.3) is 5.56 Å². The zero-order chi connectivity index (χ0) is 20.2. The lowest BCUT2D eigenvalue weighted by atomic mass is 10.1. The number of nitrogens with zero attached hydrogens (tertiary/aromatic N) is 2. The summed E-state index contributed by atoms with van der Waals surface area (Å²) >= 11 is 2.58. The Bertz CT molecular complexity index is 1190. The van der Waals surface area contributed by atoms with Crippen molar-refractivity contribution in [1.82, 2.24) is 15.0 Å². The van der Waals surface area contributed by atoms with Crippen LogP contribution in [0.1, 0.15) is 0 Å². The molecule has 2 heterocycles. The highest BCUT2D eigenvalue weighted by Gasteiger charge is 2.10. The molecule has 2 aromatic carbocycles. The molecule has 0 saturated carbocycles. The summed E-state index contributed by atoms with van der Waals surface area (Å²) in [5, 5.41) is 3.71. The van der Waals surface area contributed by atoms with Crippen LogP contribution in [0, 0.1) is 0 Å². The van der Waals surface area contributed by atoms with Gasteiger partial charge in [0.15, 0.2) is 10.3 Å². The second kappa shape index (κ2) is 8.46. The number of rotatable bonds is 6. The van der Waals surface area contributed by atoms with Gasteiger partial charge < -0.3 is 15.0 Å². The molecular weight excluding hydrogens is 408 g/mol. The largest absolute Gasteiger partial charge is 0.497 e. The zero-order valence-corrected chi connectivity index (χ0v) is 17.0. The number of carbonyl (C=O) groups excluding carboxylic acids is 1.